The lowest BCUT2D eigenvalue weighted by Gasteiger charge is -2.26. The highest BCUT2D eigenvalue weighted by atomic mass is 19.1. The molecule has 3 aromatic rings. The number of pyridine rings is 1. The maximum atomic E-state index is 13.2. The van der Waals surface area contributed by atoms with Crippen LogP contribution in [0.15, 0.2) is 64.4 Å². The summed E-state index contributed by atoms with van der Waals surface area (Å²) in [6, 6.07) is 12.2. The number of aliphatic imine (C=N–C) groups is 1. The smallest absolute Gasteiger partial charge is 0.266 e. The zero-order valence-electron chi connectivity index (χ0n) is 14.5. The molecule has 7 nitrogen and oxygen atoms in total. The molecule has 2 N–H and O–H groups in total. The number of nitrogens with zero attached hydrogens (tertiary/aromatic N) is 4. The van der Waals surface area contributed by atoms with E-state index in [-0.39, 0.29) is 17.6 Å². The van der Waals surface area contributed by atoms with Crippen molar-refractivity contribution in [1.29, 1.82) is 0 Å². The van der Waals surface area contributed by atoms with Crippen molar-refractivity contribution in [2.45, 2.75) is 12.2 Å². The molecular formula is C19H16FN5O2. The maximum Gasteiger partial charge on any atom is 0.266 e. The standard InChI is InChI=1S/C19H16FN5O2/c1-25-17(26)19(23-18(25)21,14-5-6-15(10-20)22-11-14)13-4-2-3-12(9-13)16-7-8-27-24-16/h2-9,11H,10H2,1H3,(H2,21,23). The molecule has 136 valence electrons. The summed E-state index contributed by atoms with van der Waals surface area (Å²) in [5.74, 6) is -0.214. The minimum absolute atomic E-state index is 0.0985. The average Bonchev–Trinajstić information content (AvgIpc) is 3.32. The van der Waals surface area contributed by atoms with E-state index in [2.05, 4.69) is 15.1 Å². The Balaban J connectivity index is 1.92. The molecule has 0 spiro atoms. The summed E-state index contributed by atoms with van der Waals surface area (Å²) in [5, 5.41) is 3.94. The van der Waals surface area contributed by atoms with Crippen LogP contribution in [0.4, 0.5) is 4.39 Å². The summed E-state index contributed by atoms with van der Waals surface area (Å²) in [6.07, 6.45) is 2.94. The predicted octanol–water partition coefficient (Wildman–Crippen LogP) is 2.24. The van der Waals surface area contributed by atoms with Gasteiger partial charge in [0.15, 0.2) is 11.5 Å². The van der Waals surface area contributed by atoms with E-state index in [0.717, 1.165) is 5.56 Å². The lowest BCUT2D eigenvalue weighted by molar-refractivity contribution is -0.129. The van der Waals surface area contributed by atoms with E-state index < -0.39 is 12.2 Å². The Morgan fingerprint density at radius 3 is 2.67 bits per heavy atom. The van der Waals surface area contributed by atoms with E-state index in [1.807, 2.05) is 18.2 Å². The first-order chi connectivity index (χ1) is 13.1. The van der Waals surface area contributed by atoms with Crippen molar-refractivity contribution >= 4 is 11.9 Å². The van der Waals surface area contributed by atoms with Crippen LogP contribution in [-0.2, 0) is 17.0 Å². The molecule has 0 aliphatic carbocycles. The van der Waals surface area contributed by atoms with Gasteiger partial charge in [-0.25, -0.2) is 9.38 Å². The third-order valence-electron chi connectivity index (χ3n) is 4.63. The molecule has 3 heterocycles. The van der Waals surface area contributed by atoms with Gasteiger partial charge in [0.1, 0.15) is 18.6 Å². The highest BCUT2D eigenvalue weighted by Gasteiger charge is 2.49. The van der Waals surface area contributed by atoms with Gasteiger partial charge in [0, 0.05) is 30.4 Å². The number of likely N-dealkylation sites (N-methyl/N-ethyl adjacent to an activating group) is 1. The number of hydrogen-bond acceptors (Lipinski definition) is 6. The first-order valence-corrected chi connectivity index (χ1v) is 8.22. The average molecular weight is 365 g/mol. The van der Waals surface area contributed by atoms with Gasteiger partial charge >= 0.3 is 0 Å². The van der Waals surface area contributed by atoms with Gasteiger partial charge in [-0.3, -0.25) is 14.7 Å². The van der Waals surface area contributed by atoms with Crippen molar-refractivity contribution in [2.75, 3.05) is 7.05 Å². The Morgan fingerprint density at radius 2 is 2.07 bits per heavy atom. The second-order valence-corrected chi connectivity index (χ2v) is 6.18. The summed E-state index contributed by atoms with van der Waals surface area (Å²) >= 11 is 0. The lowest BCUT2D eigenvalue weighted by Crippen LogP contribution is -2.41. The van der Waals surface area contributed by atoms with Gasteiger partial charge in [0.05, 0.1) is 5.69 Å². The number of nitrogens with two attached hydrogens (primary N) is 1. The van der Waals surface area contributed by atoms with Crippen molar-refractivity contribution in [1.82, 2.24) is 15.0 Å². The topological polar surface area (TPSA) is 97.6 Å². The van der Waals surface area contributed by atoms with Crippen LogP contribution in [0.3, 0.4) is 0 Å². The predicted molar refractivity (Wildman–Crippen MR) is 96.2 cm³/mol. The number of aromatic nitrogens is 2. The van der Waals surface area contributed by atoms with Gasteiger partial charge in [0.25, 0.3) is 5.91 Å². The number of carbonyl (C=O) groups is 1. The summed E-state index contributed by atoms with van der Waals surface area (Å²) < 4.78 is 17.8. The number of carbonyl (C=O) groups excluding carboxylic acids is 1. The van der Waals surface area contributed by atoms with Gasteiger partial charge in [0.2, 0.25) is 0 Å². The van der Waals surface area contributed by atoms with Gasteiger partial charge in [-0.05, 0) is 17.7 Å². The van der Waals surface area contributed by atoms with Crippen LogP contribution in [0.25, 0.3) is 11.3 Å². The molecule has 2 aromatic heterocycles. The van der Waals surface area contributed by atoms with Crippen molar-refractivity contribution in [3.05, 3.63) is 71.7 Å². The van der Waals surface area contributed by atoms with Crippen LogP contribution >= 0.6 is 0 Å². The van der Waals surface area contributed by atoms with E-state index in [1.165, 1.54) is 23.4 Å². The number of amides is 1. The molecule has 0 fully saturated rings. The minimum Gasteiger partial charge on any atom is -0.369 e. The van der Waals surface area contributed by atoms with E-state index in [9.17, 15) is 9.18 Å². The van der Waals surface area contributed by atoms with Crippen LogP contribution in [-0.4, -0.2) is 34.0 Å². The first kappa shape index (κ1) is 16.9. The highest BCUT2D eigenvalue weighted by molar-refractivity contribution is 6.09. The molecule has 1 atom stereocenters. The molecular weight excluding hydrogens is 349 g/mol. The van der Waals surface area contributed by atoms with Gasteiger partial charge < -0.3 is 10.3 Å². The van der Waals surface area contributed by atoms with Crippen molar-refractivity contribution in [3.8, 4) is 11.3 Å². The number of hydrogen-bond donors (Lipinski definition) is 1. The molecule has 1 aromatic carbocycles. The molecule has 4 rings (SSSR count). The van der Waals surface area contributed by atoms with E-state index >= 15 is 0 Å². The largest absolute Gasteiger partial charge is 0.369 e. The highest BCUT2D eigenvalue weighted by Crippen LogP contribution is 2.40. The second-order valence-electron chi connectivity index (χ2n) is 6.18. The van der Waals surface area contributed by atoms with E-state index in [0.29, 0.717) is 16.8 Å². The maximum absolute atomic E-state index is 13.2. The minimum atomic E-state index is -1.39. The summed E-state index contributed by atoms with van der Waals surface area (Å²) in [6.45, 7) is -0.686. The fraction of sp³-hybridized carbons (Fsp3) is 0.158. The number of alkyl halides is 1. The normalized spacial score (nSPS) is 19.4. The Bertz CT molecular complexity index is 1020. The molecule has 1 unspecified atom stereocenters. The summed E-state index contributed by atoms with van der Waals surface area (Å²) in [4.78, 5) is 23.1. The number of guanidine groups is 1. The van der Waals surface area contributed by atoms with Gasteiger partial charge in [-0.2, -0.15) is 0 Å². The van der Waals surface area contributed by atoms with Crippen molar-refractivity contribution < 1.29 is 13.7 Å². The number of rotatable bonds is 4. The molecule has 8 heteroatoms. The van der Waals surface area contributed by atoms with Crippen LogP contribution in [0.2, 0.25) is 0 Å². The van der Waals surface area contributed by atoms with Gasteiger partial charge in [-0.1, -0.05) is 29.4 Å². The van der Waals surface area contributed by atoms with Crippen molar-refractivity contribution in [3.63, 3.8) is 0 Å². The Labute approximate surface area is 154 Å². The molecule has 0 bridgehead atoms. The summed E-state index contributed by atoms with van der Waals surface area (Å²) in [7, 11) is 1.56. The fourth-order valence-electron chi connectivity index (χ4n) is 3.17. The zero-order chi connectivity index (χ0) is 19.0. The Hall–Kier alpha value is -3.55. The monoisotopic (exact) mass is 365 g/mol. The second kappa shape index (κ2) is 6.31. The van der Waals surface area contributed by atoms with Crippen LogP contribution in [0.1, 0.15) is 16.8 Å². The fourth-order valence-corrected chi connectivity index (χ4v) is 3.17. The molecule has 1 amide bonds. The van der Waals surface area contributed by atoms with Crippen LogP contribution < -0.4 is 5.73 Å². The Morgan fingerprint density at radius 1 is 1.22 bits per heavy atom. The van der Waals surface area contributed by atoms with Gasteiger partial charge in [-0.15, -0.1) is 0 Å². The molecule has 1 aliphatic rings. The first-order valence-electron chi connectivity index (χ1n) is 8.22. The quantitative estimate of drug-likeness (QED) is 0.765. The van der Waals surface area contributed by atoms with E-state index in [1.54, 1.807) is 25.2 Å². The number of halogens is 1. The Kier molecular flexibility index (Phi) is 3.95. The lowest BCUT2D eigenvalue weighted by atomic mass is 9.82. The number of benzene rings is 1. The van der Waals surface area contributed by atoms with E-state index in [4.69, 9.17) is 10.3 Å². The molecule has 27 heavy (non-hydrogen) atoms. The molecule has 0 saturated carbocycles. The molecule has 0 radical (unpaired) electrons. The molecule has 0 saturated heterocycles. The van der Waals surface area contributed by atoms with Crippen LogP contribution in [0, 0.1) is 0 Å². The van der Waals surface area contributed by atoms with Crippen LogP contribution in [0.5, 0.6) is 0 Å². The summed E-state index contributed by atoms with van der Waals surface area (Å²) in [5.41, 5.74) is 7.36. The third-order valence-corrected chi connectivity index (χ3v) is 4.63. The van der Waals surface area contributed by atoms with Crippen molar-refractivity contribution in [2.24, 2.45) is 10.7 Å². The zero-order valence-corrected chi connectivity index (χ0v) is 14.5. The third kappa shape index (κ3) is 2.57. The molecule has 1 aliphatic heterocycles. The SMILES string of the molecule is CN1C(=O)C(c2ccc(CF)nc2)(c2cccc(-c3ccon3)c2)N=C1N.